The molecule has 0 saturated heterocycles. The summed E-state index contributed by atoms with van der Waals surface area (Å²) < 4.78 is 59.5. The lowest BCUT2D eigenvalue weighted by atomic mass is 10.1. The molecule has 4 aromatic rings. The minimum atomic E-state index is -3.82. The van der Waals surface area contributed by atoms with Gasteiger partial charge in [0.15, 0.2) is 5.65 Å². The molecule has 2 aromatic heterocycles. The number of pyridine rings is 1. The van der Waals surface area contributed by atoms with E-state index < -0.39 is 20.0 Å². The summed E-state index contributed by atoms with van der Waals surface area (Å²) >= 11 is 2.08. The molecule has 0 aliphatic carbocycles. The van der Waals surface area contributed by atoms with Gasteiger partial charge >= 0.3 is 0 Å². The highest BCUT2D eigenvalue weighted by molar-refractivity contribution is 14.1. The highest BCUT2D eigenvalue weighted by Gasteiger charge is 2.22. The van der Waals surface area contributed by atoms with Gasteiger partial charge in [0.05, 0.1) is 23.9 Å². The first-order valence-electron chi connectivity index (χ1n) is 9.64. The Morgan fingerprint density at radius 2 is 1.70 bits per heavy atom. The maximum atomic E-state index is 13.2. The third-order valence-electron chi connectivity index (χ3n) is 4.97. The van der Waals surface area contributed by atoms with Crippen molar-refractivity contribution in [3.63, 3.8) is 0 Å². The normalized spacial score (nSPS) is 12.1. The van der Waals surface area contributed by atoms with Crippen molar-refractivity contribution in [3.05, 3.63) is 70.1 Å². The molecule has 11 heteroatoms. The SMILES string of the molecule is COc1ccc(-c2cnc3c(c2)c(I)cn3S(=O)(=O)c2ccc(C)cc2)cc1NS(C)(=O)=O. The van der Waals surface area contributed by atoms with Crippen LogP contribution in [0.3, 0.4) is 0 Å². The zero-order valence-electron chi connectivity index (χ0n) is 17.9. The lowest BCUT2D eigenvalue weighted by Crippen LogP contribution is -2.12. The molecular weight excluding hydrogens is 577 g/mol. The number of aromatic nitrogens is 2. The van der Waals surface area contributed by atoms with Gasteiger partial charge in [0.2, 0.25) is 10.0 Å². The first-order chi connectivity index (χ1) is 15.5. The summed E-state index contributed by atoms with van der Waals surface area (Å²) in [5.41, 5.74) is 2.97. The number of nitrogens with zero attached hydrogens (tertiary/aromatic N) is 2. The fourth-order valence-electron chi connectivity index (χ4n) is 3.37. The molecule has 172 valence electrons. The fourth-order valence-corrected chi connectivity index (χ4v) is 6.12. The van der Waals surface area contributed by atoms with Gasteiger partial charge in [0.1, 0.15) is 5.75 Å². The summed E-state index contributed by atoms with van der Waals surface area (Å²) in [5.74, 6) is 0.378. The lowest BCUT2D eigenvalue weighted by Gasteiger charge is -2.12. The van der Waals surface area contributed by atoms with Crippen molar-refractivity contribution in [3.8, 4) is 16.9 Å². The molecule has 0 amide bonds. The van der Waals surface area contributed by atoms with E-state index in [4.69, 9.17) is 4.74 Å². The van der Waals surface area contributed by atoms with Crippen molar-refractivity contribution in [1.82, 2.24) is 8.96 Å². The molecular formula is C22H20IN3O5S2. The predicted molar refractivity (Wildman–Crippen MR) is 137 cm³/mol. The molecule has 0 aliphatic heterocycles. The fraction of sp³-hybridized carbons (Fsp3) is 0.136. The molecule has 0 fully saturated rings. The standard InChI is InChI=1S/C22H20IN3O5S2/c1-14-4-7-17(8-5-14)33(29,30)26-13-19(23)18-10-16(12-24-22(18)26)15-6-9-21(31-2)20(11-15)25-32(3,27)28/h4-13,25H,1-3H3. The molecule has 2 heterocycles. The number of aryl methyl sites for hydroxylation is 1. The highest BCUT2D eigenvalue weighted by Crippen LogP contribution is 2.34. The topological polar surface area (TPSA) is 107 Å². The molecule has 0 radical (unpaired) electrons. The van der Waals surface area contributed by atoms with Crippen molar-refractivity contribution in [2.75, 3.05) is 18.1 Å². The molecule has 8 nitrogen and oxygen atoms in total. The second-order valence-electron chi connectivity index (χ2n) is 7.48. The molecule has 4 rings (SSSR count). The summed E-state index contributed by atoms with van der Waals surface area (Å²) in [4.78, 5) is 4.62. The van der Waals surface area contributed by atoms with Crippen LogP contribution in [-0.2, 0) is 20.0 Å². The van der Waals surface area contributed by atoms with Gasteiger partial charge < -0.3 is 4.74 Å². The Labute approximate surface area is 205 Å². The van der Waals surface area contributed by atoms with Gasteiger partial charge in [-0.25, -0.2) is 25.8 Å². The number of benzene rings is 2. The molecule has 1 N–H and O–H groups in total. The number of nitrogens with one attached hydrogen (secondary N) is 1. The van der Waals surface area contributed by atoms with Crippen molar-refractivity contribution >= 4 is 59.4 Å². The van der Waals surface area contributed by atoms with Crippen LogP contribution >= 0.6 is 22.6 Å². The average Bonchev–Trinajstić information content (AvgIpc) is 3.09. The van der Waals surface area contributed by atoms with Crippen LogP contribution in [-0.4, -0.2) is 39.2 Å². The zero-order chi connectivity index (χ0) is 24.0. The summed E-state index contributed by atoms with van der Waals surface area (Å²) in [6, 6.07) is 13.6. The van der Waals surface area contributed by atoms with E-state index in [-0.39, 0.29) is 4.90 Å². The van der Waals surface area contributed by atoms with Gasteiger partial charge in [-0.1, -0.05) is 23.8 Å². The van der Waals surface area contributed by atoms with Crippen LogP contribution in [0.5, 0.6) is 5.75 Å². The van der Waals surface area contributed by atoms with Gasteiger partial charge in [0.25, 0.3) is 10.0 Å². The number of ether oxygens (including phenoxy) is 1. The van der Waals surface area contributed by atoms with E-state index in [0.29, 0.717) is 33.6 Å². The largest absolute Gasteiger partial charge is 0.495 e. The number of fused-ring (bicyclic) bond motifs is 1. The van der Waals surface area contributed by atoms with E-state index in [0.717, 1.165) is 15.4 Å². The number of sulfonamides is 1. The number of methoxy groups -OCH3 is 1. The maximum absolute atomic E-state index is 13.2. The minimum absolute atomic E-state index is 0.180. The molecule has 0 unspecified atom stereocenters. The molecule has 0 spiro atoms. The van der Waals surface area contributed by atoms with Crippen LogP contribution in [0.25, 0.3) is 22.2 Å². The summed E-state index contributed by atoms with van der Waals surface area (Å²) in [6.07, 6.45) is 4.17. The molecule has 2 aromatic carbocycles. The average molecular weight is 597 g/mol. The van der Waals surface area contributed by atoms with Crippen LogP contribution in [0, 0.1) is 10.5 Å². The smallest absolute Gasteiger partial charge is 0.269 e. The van der Waals surface area contributed by atoms with Crippen LogP contribution in [0.15, 0.2) is 65.8 Å². The van der Waals surface area contributed by atoms with E-state index in [9.17, 15) is 16.8 Å². The van der Waals surface area contributed by atoms with Gasteiger partial charge in [-0.05, 0) is 65.4 Å². The monoisotopic (exact) mass is 597 g/mol. The number of anilines is 1. The van der Waals surface area contributed by atoms with Crippen molar-refractivity contribution in [2.45, 2.75) is 11.8 Å². The van der Waals surface area contributed by atoms with E-state index in [1.54, 1.807) is 54.9 Å². The van der Waals surface area contributed by atoms with Gasteiger partial charge in [0, 0.05) is 26.9 Å². The highest BCUT2D eigenvalue weighted by atomic mass is 127. The van der Waals surface area contributed by atoms with Crippen LogP contribution < -0.4 is 9.46 Å². The van der Waals surface area contributed by atoms with E-state index in [1.807, 2.05) is 13.0 Å². The first kappa shape index (κ1) is 23.5. The summed E-state index contributed by atoms with van der Waals surface area (Å²) in [7, 11) is -5.87. The maximum Gasteiger partial charge on any atom is 0.269 e. The molecule has 33 heavy (non-hydrogen) atoms. The zero-order valence-corrected chi connectivity index (χ0v) is 21.7. The second-order valence-corrected chi connectivity index (χ2v) is 12.2. The van der Waals surface area contributed by atoms with Gasteiger partial charge in [-0.2, -0.15) is 0 Å². The molecule has 0 atom stereocenters. The Morgan fingerprint density at radius 3 is 2.33 bits per heavy atom. The van der Waals surface area contributed by atoms with Crippen molar-refractivity contribution in [1.29, 1.82) is 0 Å². The number of hydrogen-bond donors (Lipinski definition) is 1. The molecule has 0 bridgehead atoms. The predicted octanol–water partition coefficient (Wildman–Crippen LogP) is 4.23. The number of rotatable bonds is 6. The third-order valence-corrected chi connectivity index (χ3v) is 8.08. The number of hydrogen-bond acceptors (Lipinski definition) is 6. The van der Waals surface area contributed by atoms with Crippen LogP contribution in [0.2, 0.25) is 0 Å². The van der Waals surface area contributed by atoms with E-state index in [1.165, 1.54) is 11.1 Å². The Balaban J connectivity index is 1.82. The van der Waals surface area contributed by atoms with Gasteiger partial charge in [-0.3, -0.25) is 4.72 Å². The first-order valence-corrected chi connectivity index (χ1v) is 14.1. The molecule has 0 saturated carbocycles. The van der Waals surface area contributed by atoms with Crippen LogP contribution in [0.1, 0.15) is 5.56 Å². The van der Waals surface area contributed by atoms with E-state index >= 15 is 0 Å². The van der Waals surface area contributed by atoms with Crippen molar-refractivity contribution < 1.29 is 21.6 Å². The number of halogens is 1. The Kier molecular flexibility index (Phi) is 6.14. The minimum Gasteiger partial charge on any atom is -0.495 e. The third kappa shape index (κ3) is 4.70. The lowest BCUT2D eigenvalue weighted by molar-refractivity contribution is 0.417. The molecule has 0 aliphatic rings. The van der Waals surface area contributed by atoms with Gasteiger partial charge in [-0.15, -0.1) is 0 Å². The second kappa shape index (κ2) is 8.61. The summed E-state index contributed by atoms with van der Waals surface area (Å²) in [5, 5.41) is 0.664. The Hall–Kier alpha value is -2.64. The quantitative estimate of drug-likeness (QED) is 0.334. The van der Waals surface area contributed by atoms with Crippen molar-refractivity contribution in [2.24, 2.45) is 0 Å². The Bertz CT molecular complexity index is 1580. The summed E-state index contributed by atoms with van der Waals surface area (Å²) in [6.45, 7) is 1.89. The van der Waals surface area contributed by atoms with Crippen LogP contribution in [0.4, 0.5) is 5.69 Å². The van der Waals surface area contributed by atoms with E-state index in [2.05, 4.69) is 32.3 Å². The Morgan fingerprint density at radius 1 is 1.00 bits per heavy atom.